The number of rotatable bonds is 2. The molecule has 2 rings (SSSR count). The van der Waals surface area contributed by atoms with Crippen LogP contribution in [0.15, 0.2) is 18.3 Å². The third-order valence-electron chi connectivity index (χ3n) is 2.38. The Morgan fingerprint density at radius 3 is 2.47 bits per heavy atom. The fourth-order valence-corrected chi connectivity index (χ4v) is 1.74. The van der Waals surface area contributed by atoms with E-state index in [1.165, 1.54) is 12.1 Å². The third-order valence-corrected chi connectivity index (χ3v) is 2.38. The van der Waals surface area contributed by atoms with Gasteiger partial charge in [0.05, 0.1) is 6.20 Å². The summed E-state index contributed by atoms with van der Waals surface area (Å²) in [7, 11) is 0. The fraction of sp³-hybridized carbons (Fsp3) is 0.500. The molecule has 0 unspecified atom stereocenters. The Labute approximate surface area is 96.2 Å². The molecule has 0 radical (unpaired) electrons. The summed E-state index contributed by atoms with van der Waals surface area (Å²) in [5.74, 6) is 0.278. The second-order valence-corrected chi connectivity index (χ2v) is 4.41. The zero-order chi connectivity index (χ0) is 12.7. The molecule has 17 heavy (non-hydrogen) atoms. The zero-order valence-corrected chi connectivity index (χ0v) is 9.16. The average molecular weight is 247 g/mol. The van der Waals surface area contributed by atoms with E-state index in [2.05, 4.69) is 9.72 Å². The highest BCUT2D eigenvalue weighted by Gasteiger charge is 2.36. The predicted octanol–water partition coefficient (Wildman–Crippen LogP) is 1.52. The van der Waals surface area contributed by atoms with Gasteiger partial charge < -0.3 is 15.4 Å². The Morgan fingerprint density at radius 2 is 2.06 bits per heavy atom. The van der Waals surface area contributed by atoms with E-state index < -0.39 is 6.36 Å². The van der Waals surface area contributed by atoms with E-state index in [4.69, 9.17) is 5.73 Å². The van der Waals surface area contributed by atoms with Gasteiger partial charge in [-0.1, -0.05) is 0 Å². The van der Waals surface area contributed by atoms with Crippen molar-refractivity contribution in [3.8, 4) is 5.75 Å². The lowest BCUT2D eigenvalue weighted by Crippen LogP contribution is -2.65. The van der Waals surface area contributed by atoms with Gasteiger partial charge in [-0.15, -0.1) is 13.2 Å². The Morgan fingerprint density at radius 1 is 1.41 bits per heavy atom. The summed E-state index contributed by atoms with van der Waals surface area (Å²) in [6.07, 6.45) is -3.63. The van der Waals surface area contributed by atoms with Crippen LogP contribution in [0.5, 0.6) is 5.75 Å². The molecular weight excluding hydrogens is 235 g/mol. The molecule has 2 heterocycles. The lowest BCUT2D eigenvalue weighted by atomic mass is 9.94. The number of halogens is 3. The minimum absolute atomic E-state index is 0.247. The molecule has 7 heteroatoms. The van der Waals surface area contributed by atoms with Crippen LogP contribution >= 0.6 is 0 Å². The van der Waals surface area contributed by atoms with Crippen LogP contribution in [0.2, 0.25) is 0 Å². The highest BCUT2D eigenvalue weighted by Crippen LogP contribution is 2.27. The summed E-state index contributed by atoms with van der Waals surface area (Å²) >= 11 is 0. The van der Waals surface area contributed by atoms with Crippen molar-refractivity contribution in [3.63, 3.8) is 0 Å². The van der Waals surface area contributed by atoms with Gasteiger partial charge in [0, 0.05) is 18.6 Å². The van der Waals surface area contributed by atoms with Crippen LogP contribution in [0, 0.1) is 0 Å². The third kappa shape index (κ3) is 3.00. The van der Waals surface area contributed by atoms with Gasteiger partial charge in [-0.05, 0) is 19.1 Å². The molecule has 4 nitrogen and oxygen atoms in total. The quantitative estimate of drug-likeness (QED) is 0.860. The van der Waals surface area contributed by atoms with E-state index in [0.717, 1.165) is 6.20 Å². The molecule has 0 amide bonds. The molecule has 1 saturated heterocycles. The van der Waals surface area contributed by atoms with E-state index in [1.54, 1.807) is 0 Å². The lowest BCUT2D eigenvalue weighted by molar-refractivity contribution is -0.274. The maximum atomic E-state index is 11.9. The van der Waals surface area contributed by atoms with E-state index in [9.17, 15) is 13.2 Å². The largest absolute Gasteiger partial charge is 0.573 e. The first-order chi connectivity index (χ1) is 7.75. The maximum absolute atomic E-state index is 11.9. The normalized spacial score (nSPS) is 18.8. The number of aromatic nitrogens is 1. The second kappa shape index (κ2) is 3.76. The molecule has 0 saturated carbocycles. The van der Waals surface area contributed by atoms with Gasteiger partial charge in [0.2, 0.25) is 0 Å². The van der Waals surface area contributed by atoms with Crippen molar-refractivity contribution in [2.75, 3.05) is 18.0 Å². The molecule has 1 aliphatic heterocycles. The number of pyridine rings is 1. The zero-order valence-electron chi connectivity index (χ0n) is 9.16. The van der Waals surface area contributed by atoms with E-state index in [0.29, 0.717) is 18.9 Å². The first kappa shape index (κ1) is 12.0. The molecule has 0 aliphatic carbocycles. The predicted molar refractivity (Wildman–Crippen MR) is 55.7 cm³/mol. The van der Waals surface area contributed by atoms with Crippen molar-refractivity contribution >= 4 is 5.82 Å². The maximum Gasteiger partial charge on any atom is 0.573 e. The first-order valence-electron chi connectivity index (χ1n) is 5.01. The van der Waals surface area contributed by atoms with Crippen molar-refractivity contribution in [1.82, 2.24) is 4.98 Å². The Hall–Kier alpha value is -1.50. The van der Waals surface area contributed by atoms with Crippen molar-refractivity contribution in [3.05, 3.63) is 18.3 Å². The Kier molecular flexibility index (Phi) is 2.65. The number of nitrogens with two attached hydrogens (primary N) is 1. The van der Waals surface area contributed by atoms with Gasteiger partial charge in [0.25, 0.3) is 0 Å². The summed E-state index contributed by atoms with van der Waals surface area (Å²) in [5, 5.41) is 0. The van der Waals surface area contributed by atoms with Crippen molar-refractivity contribution in [1.29, 1.82) is 0 Å². The van der Waals surface area contributed by atoms with Crippen LogP contribution in [0.1, 0.15) is 6.92 Å². The van der Waals surface area contributed by atoms with Crippen molar-refractivity contribution < 1.29 is 17.9 Å². The second-order valence-electron chi connectivity index (χ2n) is 4.41. The fourth-order valence-electron chi connectivity index (χ4n) is 1.74. The number of alkyl halides is 3. The van der Waals surface area contributed by atoms with Crippen molar-refractivity contribution in [2.24, 2.45) is 5.73 Å². The van der Waals surface area contributed by atoms with Crippen molar-refractivity contribution in [2.45, 2.75) is 18.8 Å². The molecule has 94 valence electrons. The van der Waals surface area contributed by atoms with Gasteiger partial charge in [-0.25, -0.2) is 4.98 Å². The summed E-state index contributed by atoms with van der Waals surface area (Å²) < 4.78 is 39.4. The number of anilines is 1. The topological polar surface area (TPSA) is 51.4 Å². The van der Waals surface area contributed by atoms with Gasteiger partial charge in [0.15, 0.2) is 0 Å². The van der Waals surface area contributed by atoms with Crippen LogP contribution in [0.25, 0.3) is 0 Å². The molecular formula is C10H12F3N3O. The van der Waals surface area contributed by atoms with Crippen LogP contribution in [-0.2, 0) is 0 Å². The van der Waals surface area contributed by atoms with Crippen LogP contribution in [-0.4, -0.2) is 30.0 Å². The number of ether oxygens (including phenoxy) is 1. The smallest absolute Gasteiger partial charge is 0.404 e. The van der Waals surface area contributed by atoms with Gasteiger partial charge in [-0.3, -0.25) is 0 Å². The standard InChI is InChI=1S/C10H12F3N3O/c1-9(14)5-16(6-9)8-3-2-7(4-15-8)17-10(11,12)13/h2-4H,5-6,14H2,1H3. The van der Waals surface area contributed by atoms with Crippen LogP contribution < -0.4 is 15.4 Å². The molecule has 1 aromatic rings. The molecule has 1 fully saturated rings. The minimum atomic E-state index is -4.68. The lowest BCUT2D eigenvalue weighted by Gasteiger charge is -2.46. The Balaban J connectivity index is 2.00. The highest BCUT2D eigenvalue weighted by atomic mass is 19.4. The molecule has 0 bridgehead atoms. The highest BCUT2D eigenvalue weighted by molar-refractivity contribution is 5.45. The number of nitrogens with zero attached hydrogens (tertiary/aromatic N) is 2. The summed E-state index contributed by atoms with van der Waals surface area (Å²) in [5.41, 5.74) is 5.57. The summed E-state index contributed by atoms with van der Waals surface area (Å²) in [4.78, 5) is 5.78. The molecule has 1 aromatic heterocycles. The summed E-state index contributed by atoms with van der Waals surface area (Å²) in [6, 6.07) is 2.72. The molecule has 2 N–H and O–H groups in total. The molecule has 0 spiro atoms. The molecule has 0 atom stereocenters. The van der Waals surface area contributed by atoms with E-state index in [1.807, 2.05) is 11.8 Å². The van der Waals surface area contributed by atoms with Gasteiger partial charge in [0.1, 0.15) is 11.6 Å². The first-order valence-corrected chi connectivity index (χ1v) is 5.01. The molecule has 1 aliphatic rings. The van der Waals surface area contributed by atoms with E-state index >= 15 is 0 Å². The molecule has 0 aromatic carbocycles. The summed E-state index contributed by atoms with van der Waals surface area (Å²) in [6.45, 7) is 3.18. The number of hydrogen-bond donors (Lipinski definition) is 1. The Bertz CT molecular complexity index is 394. The van der Waals surface area contributed by atoms with Gasteiger partial charge in [-0.2, -0.15) is 0 Å². The van der Waals surface area contributed by atoms with Crippen LogP contribution in [0.4, 0.5) is 19.0 Å². The SMILES string of the molecule is CC1(N)CN(c2ccc(OC(F)(F)F)cn2)C1. The van der Waals surface area contributed by atoms with Gasteiger partial charge >= 0.3 is 6.36 Å². The van der Waals surface area contributed by atoms with Crippen LogP contribution in [0.3, 0.4) is 0 Å². The van der Waals surface area contributed by atoms with E-state index in [-0.39, 0.29) is 11.3 Å². The number of hydrogen-bond acceptors (Lipinski definition) is 4. The average Bonchev–Trinajstić information content (AvgIpc) is 2.12. The monoisotopic (exact) mass is 247 g/mol. The minimum Gasteiger partial charge on any atom is -0.404 e.